The molecule has 0 heterocycles. The largest absolute Gasteiger partial charge is 0.399 e. The van der Waals surface area contributed by atoms with Gasteiger partial charge in [0.15, 0.2) is 0 Å². The highest BCUT2D eigenvalue weighted by Crippen LogP contribution is 2.29. The molecule has 0 aromatic heterocycles. The van der Waals surface area contributed by atoms with Gasteiger partial charge in [0.25, 0.3) is 0 Å². The molecule has 0 saturated heterocycles. The molecule has 0 aliphatic carbocycles. The minimum absolute atomic E-state index is 0.000556. The van der Waals surface area contributed by atoms with Crippen LogP contribution < -0.4 is 5.73 Å². The molecule has 1 atom stereocenters. The van der Waals surface area contributed by atoms with Crippen LogP contribution in [0.1, 0.15) is 38.2 Å². The molecule has 0 spiro atoms. The molecular weight excluding hydrogens is 184 g/mol. The van der Waals surface area contributed by atoms with E-state index in [1.165, 1.54) is 0 Å². The molecule has 1 aromatic carbocycles. The highest BCUT2D eigenvalue weighted by atomic mass is 14.5. The second kappa shape index (κ2) is 5.41. The number of nitrogen functional groups attached to an aromatic ring is 1. The van der Waals surface area contributed by atoms with Gasteiger partial charge < -0.3 is 5.73 Å². The average molecular weight is 202 g/mol. The van der Waals surface area contributed by atoms with Crippen molar-refractivity contribution in [3.63, 3.8) is 0 Å². The Labute approximate surface area is 91.7 Å². The zero-order valence-electron chi connectivity index (χ0n) is 9.40. The van der Waals surface area contributed by atoms with Gasteiger partial charge in [0.2, 0.25) is 0 Å². The molecule has 2 nitrogen and oxygen atoms in total. The maximum atomic E-state index is 9.20. The van der Waals surface area contributed by atoms with Gasteiger partial charge in [-0.25, -0.2) is 0 Å². The van der Waals surface area contributed by atoms with E-state index in [-0.39, 0.29) is 5.92 Å². The first-order valence-corrected chi connectivity index (χ1v) is 5.48. The normalized spacial score (nSPS) is 12.4. The first-order valence-electron chi connectivity index (χ1n) is 5.48. The summed E-state index contributed by atoms with van der Waals surface area (Å²) in [7, 11) is 0. The van der Waals surface area contributed by atoms with Crippen molar-refractivity contribution in [2.75, 3.05) is 5.73 Å². The first kappa shape index (κ1) is 11.6. The Morgan fingerprint density at radius 2 is 1.73 bits per heavy atom. The van der Waals surface area contributed by atoms with Gasteiger partial charge in [-0.15, -0.1) is 0 Å². The fraction of sp³-hybridized carbons (Fsp3) is 0.462. The van der Waals surface area contributed by atoms with Crippen molar-refractivity contribution in [3.05, 3.63) is 29.8 Å². The molecule has 0 bridgehead atoms. The van der Waals surface area contributed by atoms with Gasteiger partial charge in [-0.1, -0.05) is 38.8 Å². The molecule has 0 radical (unpaired) electrons. The maximum absolute atomic E-state index is 9.20. The number of benzene rings is 1. The number of hydrogen-bond donors (Lipinski definition) is 1. The summed E-state index contributed by atoms with van der Waals surface area (Å²) < 4.78 is 0. The minimum Gasteiger partial charge on any atom is -0.399 e. The quantitative estimate of drug-likeness (QED) is 0.761. The van der Waals surface area contributed by atoms with Crippen molar-refractivity contribution in [2.45, 2.75) is 32.6 Å². The Hall–Kier alpha value is -1.49. The lowest BCUT2D eigenvalue weighted by Crippen LogP contribution is -2.09. The van der Waals surface area contributed by atoms with Crippen molar-refractivity contribution >= 4 is 5.69 Å². The standard InChI is InChI=1S/C13H18N2/c1-3-10(4-2)13(9-14)11-5-7-12(15)8-6-11/h5-8,10,13H,3-4,15H2,1-2H3. The van der Waals surface area contributed by atoms with Crippen molar-refractivity contribution in [2.24, 2.45) is 5.92 Å². The summed E-state index contributed by atoms with van der Waals surface area (Å²) in [4.78, 5) is 0. The lowest BCUT2D eigenvalue weighted by atomic mass is 9.84. The monoisotopic (exact) mass is 202 g/mol. The molecular formula is C13H18N2. The molecule has 1 aromatic rings. The zero-order chi connectivity index (χ0) is 11.3. The number of anilines is 1. The van der Waals surface area contributed by atoms with Crippen molar-refractivity contribution in [1.29, 1.82) is 5.26 Å². The van der Waals surface area contributed by atoms with Crippen LogP contribution in [0.4, 0.5) is 5.69 Å². The zero-order valence-corrected chi connectivity index (χ0v) is 9.40. The Morgan fingerprint density at radius 1 is 1.20 bits per heavy atom. The third kappa shape index (κ3) is 2.73. The first-order chi connectivity index (χ1) is 7.22. The lowest BCUT2D eigenvalue weighted by Gasteiger charge is -2.19. The number of nitrogens with zero attached hydrogens (tertiary/aromatic N) is 1. The Kier molecular flexibility index (Phi) is 4.17. The van der Waals surface area contributed by atoms with E-state index in [1.54, 1.807) is 0 Å². The van der Waals surface area contributed by atoms with Gasteiger partial charge in [-0.05, 0) is 23.6 Å². The number of nitrogens with two attached hydrogens (primary N) is 1. The molecule has 0 fully saturated rings. The summed E-state index contributed by atoms with van der Waals surface area (Å²) in [6.07, 6.45) is 2.08. The van der Waals surface area contributed by atoms with Crippen molar-refractivity contribution < 1.29 is 0 Å². The molecule has 2 heteroatoms. The third-order valence-corrected chi connectivity index (χ3v) is 2.95. The molecule has 80 valence electrons. The number of rotatable bonds is 4. The highest BCUT2D eigenvalue weighted by Gasteiger charge is 2.19. The highest BCUT2D eigenvalue weighted by molar-refractivity contribution is 5.41. The van der Waals surface area contributed by atoms with Gasteiger partial charge in [-0.2, -0.15) is 5.26 Å². The van der Waals surface area contributed by atoms with Crippen LogP contribution in [-0.2, 0) is 0 Å². The molecule has 0 aliphatic heterocycles. The van der Waals surface area contributed by atoms with Crippen molar-refractivity contribution in [3.8, 4) is 6.07 Å². The second-order valence-corrected chi connectivity index (χ2v) is 3.85. The van der Waals surface area contributed by atoms with Crippen LogP contribution in [0, 0.1) is 17.2 Å². The maximum Gasteiger partial charge on any atom is 0.0740 e. The fourth-order valence-electron chi connectivity index (χ4n) is 1.92. The smallest absolute Gasteiger partial charge is 0.0740 e. The summed E-state index contributed by atoms with van der Waals surface area (Å²) in [6, 6.07) is 10.0. The molecule has 0 aliphatic rings. The van der Waals surface area contributed by atoms with E-state index in [0.29, 0.717) is 5.92 Å². The van der Waals surface area contributed by atoms with Gasteiger partial charge in [0.1, 0.15) is 0 Å². The van der Waals surface area contributed by atoms with Crippen LogP contribution >= 0.6 is 0 Å². The number of hydrogen-bond acceptors (Lipinski definition) is 2. The third-order valence-electron chi connectivity index (χ3n) is 2.95. The lowest BCUT2D eigenvalue weighted by molar-refractivity contribution is 0.453. The second-order valence-electron chi connectivity index (χ2n) is 3.85. The van der Waals surface area contributed by atoms with E-state index in [2.05, 4.69) is 19.9 Å². The van der Waals surface area contributed by atoms with E-state index in [1.807, 2.05) is 24.3 Å². The Bertz CT molecular complexity index is 331. The summed E-state index contributed by atoms with van der Waals surface area (Å²) >= 11 is 0. The van der Waals surface area contributed by atoms with Gasteiger partial charge in [-0.3, -0.25) is 0 Å². The van der Waals surface area contributed by atoms with Crippen LogP contribution in [0.3, 0.4) is 0 Å². The van der Waals surface area contributed by atoms with Crippen LogP contribution in [0.2, 0.25) is 0 Å². The Morgan fingerprint density at radius 3 is 2.13 bits per heavy atom. The van der Waals surface area contributed by atoms with E-state index in [4.69, 9.17) is 5.73 Å². The van der Waals surface area contributed by atoms with E-state index in [0.717, 1.165) is 24.1 Å². The van der Waals surface area contributed by atoms with Crippen LogP contribution in [0.25, 0.3) is 0 Å². The minimum atomic E-state index is 0.000556. The Balaban J connectivity index is 2.92. The van der Waals surface area contributed by atoms with Gasteiger partial charge in [0.05, 0.1) is 12.0 Å². The topological polar surface area (TPSA) is 49.8 Å². The summed E-state index contributed by atoms with van der Waals surface area (Å²) in [5.41, 5.74) is 7.46. The summed E-state index contributed by atoms with van der Waals surface area (Å²) in [5.74, 6) is 0.444. The van der Waals surface area contributed by atoms with Crippen LogP contribution in [-0.4, -0.2) is 0 Å². The number of nitriles is 1. The predicted molar refractivity (Wildman–Crippen MR) is 63.3 cm³/mol. The van der Waals surface area contributed by atoms with Crippen molar-refractivity contribution in [1.82, 2.24) is 0 Å². The molecule has 0 amide bonds. The molecule has 15 heavy (non-hydrogen) atoms. The molecule has 2 N–H and O–H groups in total. The SMILES string of the molecule is CCC(CC)C(C#N)c1ccc(N)cc1. The van der Waals surface area contributed by atoms with E-state index >= 15 is 0 Å². The van der Waals surface area contributed by atoms with E-state index < -0.39 is 0 Å². The van der Waals surface area contributed by atoms with Crippen LogP contribution in [0.5, 0.6) is 0 Å². The van der Waals surface area contributed by atoms with Gasteiger partial charge >= 0.3 is 0 Å². The fourth-order valence-corrected chi connectivity index (χ4v) is 1.92. The molecule has 1 unspecified atom stereocenters. The predicted octanol–water partition coefficient (Wildman–Crippen LogP) is 3.31. The summed E-state index contributed by atoms with van der Waals surface area (Å²) in [5, 5.41) is 9.20. The molecule has 0 saturated carbocycles. The molecule has 1 rings (SSSR count). The summed E-state index contributed by atoms with van der Waals surface area (Å²) in [6.45, 7) is 4.27. The van der Waals surface area contributed by atoms with Crippen LogP contribution in [0.15, 0.2) is 24.3 Å². The van der Waals surface area contributed by atoms with Gasteiger partial charge in [0, 0.05) is 5.69 Å². The van der Waals surface area contributed by atoms with E-state index in [9.17, 15) is 5.26 Å². The average Bonchev–Trinajstić information content (AvgIpc) is 2.27.